The van der Waals surface area contributed by atoms with E-state index in [1.165, 1.54) is 6.07 Å². The number of ether oxygens (including phenoxy) is 1. The molecule has 1 N–H and O–H groups in total. The van der Waals surface area contributed by atoms with Crippen molar-refractivity contribution in [2.45, 2.75) is 43.4 Å². The molecule has 2 aliphatic rings. The molecule has 3 rings (SSSR count). The van der Waals surface area contributed by atoms with E-state index < -0.39 is 22.0 Å². The summed E-state index contributed by atoms with van der Waals surface area (Å²) in [7, 11) is -3.78. The van der Waals surface area contributed by atoms with Crippen LogP contribution in [0.15, 0.2) is 23.1 Å². The van der Waals surface area contributed by atoms with E-state index in [0.29, 0.717) is 26.1 Å². The first kappa shape index (κ1) is 14.5. The number of hydrogen-bond donors (Lipinski definition) is 1. The lowest BCUT2D eigenvalue weighted by atomic mass is 10.1. The quantitative estimate of drug-likeness (QED) is 0.911. The fraction of sp³-hybridized carbons (Fsp3) is 0.500. The number of piperidine rings is 1. The number of carbonyl (C=O) groups is 1. The third-order valence-corrected chi connectivity index (χ3v) is 5.94. The predicted molar refractivity (Wildman–Crippen MR) is 74.1 cm³/mol. The van der Waals surface area contributed by atoms with Crippen molar-refractivity contribution in [1.82, 2.24) is 4.31 Å². The van der Waals surface area contributed by atoms with Crippen LogP contribution in [-0.2, 0) is 32.8 Å². The van der Waals surface area contributed by atoms with E-state index in [-0.39, 0.29) is 11.4 Å². The molecule has 0 aromatic heterocycles. The SMILES string of the molecule is O=C(O)C1CCCCN1S(=O)(=O)c1ccc2c(c1)COC2. The first-order chi connectivity index (χ1) is 10.00. The molecule has 1 aromatic rings. The topological polar surface area (TPSA) is 83.9 Å². The number of rotatable bonds is 3. The molecule has 2 aliphatic heterocycles. The zero-order chi connectivity index (χ0) is 15.0. The predicted octanol–water partition coefficient (Wildman–Crippen LogP) is 1.34. The fourth-order valence-electron chi connectivity index (χ4n) is 2.88. The molecular formula is C14H17NO5S. The number of benzene rings is 1. The van der Waals surface area contributed by atoms with Crippen molar-refractivity contribution in [2.75, 3.05) is 6.54 Å². The molecule has 114 valence electrons. The highest BCUT2D eigenvalue weighted by Gasteiger charge is 2.37. The second-order valence-electron chi connectivity index (χ2n) is 5.39. The average Bonchev–Trinajstić information content (AvgIpc) is 2.94. The van der Waals surface area contributed by atoms with Gasteiger partial charge < -0.3 is 9.84 Å². The van der Waals surface area contributed by atoms with Crippen LogP contribution in [0.3, 0.4) is 0 Å². The van der Waals surface area contributed by atoms with Crippen molar-refractivity contribution in [2.24, 2.45) is 0 Å². The van der Waals surface area contributed by atoms with Crippen molar-refractivity contribution in [3.8, 4) is 0 Å². The van der Waals surface area contributed by atoms with Gasteiger partial charge in [0.1, 0.15) is 6.04 Å². The maximum Gasteiger partial charge on any atom is 0.322 e. The normalized spacial score (nSPS) is 23.0. The van der Waals surface area contributed by atoms with E-state index in [9.17, 15) is 18.3 Å². The number of hydrogen-bond acceptors (Lipinski definition) is 4. The maximum atomic E-state index is 12.7. The van der Waals surface area contributed by atoms with Crippen LogP contribution in [0.2, 0.25) is 0 Å². The largest absolute Gasteiger partial charge is 0.480 e. The molecule has 0 spiro atoms. The Hall–Kier alpha value is -1.44. The summed E-state index contributed by atoms with van der Waals surface area (Å²) >= 11 is 0. The Morgan fingerprint density at radius 2 is 2.00 bits per heavy atom. The van der Waals surface area contributed by atoms with Crippen LogP contribution in [0, 0.1) is 0 Å². The van der Waals surface area contributed by atoms with Crippen LogP contribution >= 0.6 is 0 Å². The smallest absolute Gasteiger partial charge is 0.322 e. The molecule has 2 heterocycles. The molecule has 0 aliphatic carbocycles. The van der Waals surface area contributed by atoms with E-state index in [4.69, 9.17) is 4.74 Å². The molecule has 1 atom stereocenters. The van der Waals surface area contributed by atoms with Crippen LogP contribution in [-0.4, -0.2) is 36.4 Å². The Morgan fingerprint density at radius 3 is 2.76 bits per heavy atom. The second-order valence-corrected chi connectivity index (χ2v) is 7.28. The minimum Gasteiger partial charge on any atom is -0.480 e. The summed E-state index contributed by atoms with van der Waals surface area (Å²) in [6.07, 6.45) is 1.79. The van der Waals surface area contributed by atoms with E-state index >= 15 is 0 Å². The number of carboxylic acid groups (broad SMARTS) is 1. The number of fused-ring (bicyclic) bond motifs is 1. The van der Waals surface area contributed by atoms with Crippen LogP contribution in [0.1, 0.15) is 30.4 Å². The van der Waals surface area contributed by atoms with Crippen LogP contribution in [0.4, 0.5) is 0 Å². The highest BCUT2D eigenvalue weighted by Crippen LogP contribution is 2.28. The van der Waals surface area contributed by atoms with Crippen molar-refractivity contribution in [3.63, 3.8) is 0 Å². The van der Waals surface area contributed by atoms with Crippen molar-refractivity contribution in [1.29, 1.82) is 0 Å². The van der Waals surface area contributed by atoms with Gasteiger partial charge in [0.2, 0.25) is 10.0 Å². The van der Waals surface area contributed by atoms with Gasteiger partial charge in [-0.1, -0.05) is 6.07 Å². The number of sulfonamides is 1. The molecule has 0 bridgehead atoms. The molecule has 1 fully saturated rings. The lowest BCUT2D eigenvalue weighted by molar-refractivity contribution is -0.142. The van der Waals surface area contributed by atoms with Gasteiger partial charge >= 0.3 is 5.97 Å². The lowest BCUT2D eigenvalue weighted by Crippen LogP contribution is -2.47. The molecule has 0 saturated carbocycles. The van der Waals surface area contributed by atoms with Crippen molar-refractivity contribution < 1.29 is 23.1 Å². The van der Waals surface area contributed by atoms with Gasteiger partial charge in [0.25, 0.3) is 0 Å². The van der Waals surface area contributed by atoms with Crippen LogP contribution < -0.4 is 0 Å². The standard InChI is InChI=1S/C14H17NO5S/c16-14(17)13-3-1-2-6-15(13)21(18,19)12-5-4-10-8-20-9-11(10)7-12/h4-5,7,13H,1-3,6,8-9H2,(H,16,17). The molecule has 7 heteroatoms. The van der Waals surface area contributed by atoms with Crippen molar-refractivity contribution in [3.05, 3.63) is 29.3 Å². The molecule has 0 radical (unpaired) electrons. The number of nitrogens with zero attached hydrogens (tertiary/aromatic N) is 1. The average molecular weight is 311 g/mol. The van der Waals surface area contributed by atoms with E-state index in [0.717, 1.165) is 21.9 Å². The van der Waals surface area contributed by atoms with Crippen molar-refractivity contribution >= 4 is 16.0 Å². The van der Waals surface area contributed by atoms with Gasteiger partial charge in [-0.15, -0.1) is 0 Å². The molecular weight excluding hydrogens is 294 g/mol. The first-order valence-corrected chi connectivity index (χ1v) is 8.38. The number of aliphatic carboxylic acids is 1. The highest BCUT2D eigenvalue weighted by molar-refractivity contribution is 7.89. The Kier molecular flexibility index (Phi) is 3.73. The second kappa shape index (κ2) is 5.40. The van der Waals surface area contributed by atoms with Gasteiger partial charge in [-0.3, -0.25) is 4.79 Å². The van der Waals surface area contributed by atoms with Gasteiger partial charge in [0, 0.05) is 6.54 Å². The molecule has 1 aromatic carbocycles. The summed E-state index contributed by atoms with van der Waals surface area (Å²) in [6, 6.07) is 3.92. The third kappa shape index (κ3) is 2.56. The van der Waals surface area contributed by atoms with Gasteiger partial charge in [-0.25, -0.2) is 8.42 Å². The summed E-state index contributed by atoms with van der Waals surface area (Å²) in [5.74, 6) is -1.08. The summed E-state index contributed by atoms with van der Waals surface area (Å²) < 4.78 is 31.9. The Morgan fingerprint density at radius 1 is 1.24 bits per heavy atom. The van der Waals surface area contributed by atoms with E-state index in [1.54, 1.807) is 12.1 Å². The van der Waals surface area contributed by atoms with E-state index in [2.05, 4.69) is 0 Å². The molecule has 6 nitrogen and oxygen atoms in total. The Bertz CT molecular complexity index is 670. The van der Waals surface area contributed by atoms with Crippen LogP contribution in [0.5, 0.6) is 0 Å². The Labute approximate surface area is 123 Å². The monoisotopic (exact) mass is 311 g/mol. The zero-order valence-corrected chi connectivity index (χ0v) is 12.3. The summed E-state index contributed by atoms with van der Waals surface area (Å²) in [5, 5.41) is 9.25. The maximum absolute atomic E-state index is 12.7. The third-order valence-electron chi connectivity index (χ3n) is 4.04. The highest BCUT2D eigenvalue weighted by atomic mass is 32.2. The zero-order valence-electron chi connectivity index (χ0n) is 11.5. The van der Waals surface area contributed by atoms with Crippen LogP contribution in [0.25, 0.3) is 0 Å². The van der Waals surface area contributed by atoms with Gasteiger partial charge in [0.05, 0.1) is 18.1 Å². The van der Waals surface area contributed by atoms with Gasteiger partial charge in [0.15, 0.2) is 0 Å². The minimum absolute atomic E-state index is 0.153. The van der Waals surface area contributed by atoms with Gasteiger partial charge in [-0.2, -0.15) is 4.31 Å². The summed E-state index contributed by atoms with van der Waals surface area (Å²) in [5.41, 5.74) is 1.85. The summed E-state index contributed by atoms with van der Waals surface area (Å²) in [4.78, 5) is 11.5. The Balaban J connectivity index is 1.97. The van der Waals surface area contributed by atoms with Gasteiger partial charge in [-0.05, 0) is 42.5 Å². The molecule has 1 unspecified atom stereocenters. The first-order valence-electron chi connectivity index (χ1n) is 6.94. The fourth-order valence-corrected chi connectivity index (χ4v) is 4.59. The molecule has 21 heavy (non-hydrogen) atoms. The van der Waals surface area contributed by atoms with E-state index in [1.807, 2.05) is 0 Å². The molecule has 0 amide bonds. The minimum atomic E-state index is -3.78. The summed E-state index contributed by atoms with van der Waals surface area (Å²) in [6.45, 7) is 1.16. The molecule has 1 saturated heterocycles. The lowest BCUT2D eigenvalue weighted by Gasteiger charge is -2.31. The number of carboxylic acids is 1.